The molecule has 1 aliphatic rings. The summed E-state index contributed by atoms with van der Waals surface area (Å²) >= 11 is 6.18. The largest absolute Gasteiger partial charge is 0.368 e. The minimum atomic E-state index is -0.502. The van der Waals surface area contributed by atoms with Crippen LogP contribution in [0.3, 0.4) is 0 Å². The first-order valence-electron chi connectivity index (χ1n) is 8.72. The smallest absolute Gasteiger partial charge is 0.228 e. The molecule has 1 saturated carbocycles. The summed E-state index contributed by atoms with van der Waals surface area (Å²) in [7, 11) is 0. The van der Waals surface area contributed by atoms with Gasteiger partial charge in [0.1, 0.15) is 5.82 Å². The molecule has 0 radical (unpaired) electrons. The first-order valence-corrected chi connectivity index (χ1v) is 9.10. The van der Waals surface area contributed by atoms with Gasteiger partial charge in [-0.15, -0.1) is 0 Å². The van der Waals surface area contributed by atoms with Crippen molar-refractivity contribution in [3.05, 3.63) is 59.0 Å². The molecule has 9 heteroatoms. The van der Waals surface area contributed by atoms with E-state index in [-0.39, 0.29) is 11.0 Å². The lowest BCUT2D eigenvalue weighted by molar-refractivity contribution is 0.621. The zero-order valence-electron chi connectivity index (χ0n) is 14.6. The summed E-state index contributed by atoms with van der Waals surface area (Å²) in [5.41, 5.74) is 7.75. The van der Waals surface area contributed by atoms with Crippen molar-refractivity contribution in [3.63, 3.8) is 0 Å². The average Bonchev–Trinajstić information content (AvgIpc) is 3.28. The molecule has 4 aromatic rings. The second-order valence-electron chi connectivity index (χ2n) is 6.82. The molecule has 28 heavy (non-hydrogen) atoms. The van der Waals surface area contributed by atoms with Gasteiger partial charge in [-0.1, -0.05) is 35.9 Å². The van der Waals surface area contributed by atoms with Crippen LogP contribution < -0.4 is 11.1 Å². The Labute approximate surface area is 164 Å². The Kier molecular flexibility index (Phi) is 3.70. The van der Waals surface area contributed by atoms with E-state index in [9.17, 15) is 4.39 Å². The van der Waals surface area contributed by atoms with Crippen molar-refractivity contribution in [3.8, 4) is 11.4 Å². The van der Waals surface area contributed by atoms with E-state index in [1.54, 1.807) is 12.3 Å². The first-order chi connectivity index (χ1) is 13.5. The third-order valence-electron chi connectivity index (χ3n) is 4.92. The number of H-pyrrole nitrogens is 1. The first kappa shape index (κ1) is 16.9. The Hall–Kier alpha value is -3.26. The average molecular weight is 396 g/mol. The van der Waals surface area contributed by atoms with Crippen molar-refractivity contribution in [2.45, 2.75) is 18.4 Å². The second-order valence-corrected chi connectivity index (χ2v) is 7.20. The number of nitrogen functional groups attached to an aromatic ring is 1. The van der Waals surface area contributed by atoms with Crippen LogP contribution in [0.2, 0.25) is 5.02 Å². The minimum Gasteiger partial charge on any atom is -0.368 e. The van der Waals surface area contributed by atoms with Gasteiger partial charge in [0, 0.05) is 10.9 Å². The third-order valence-corrected chi connectivity index (χ3v) is 5.31. The van der Waals surface area contributed by atoms with Crippen LogP contribution in [-0.2, 0) is 5.54 Å². The molecule has 2 aromatic carbocycles. The number of aromatic nitrogens is 5. The molecular formula is C19H15ClFN7. The van der Waals surface area contributed by atoms with Gasteiger partial charge in [0.15, 0.2) is 5.82 Å². The van der Waals surface area contributed by atoms with Gasteiger partial charge in [0.05, 0.1) is 22.3 Å². The van der Waals surface area contributed by atoms with Crippen LogP contribution in [0.4, 0.5) is 16.3 Å². The molecule has 0 saturated heterocycles. The van der Waals surface area contributed by atoms with E-state index in [0.29, 0.717) is 17.3 Å². The van der Waals surface area contributed by atoms with Crippen molar-refractivity contribution in [2.24, 2.45) is 0 Å². The fourth-order valence-electron chi connectivity index (χ4n) is 3.33. The quantitative estimate of drug-likeness (QED) is 0.484. The Bertz CT molecular complexity index is 1200. The highest BCUT2D eigenvalue weighted by Crippen LogP contribution is 2.50. The van der Waals surface area contributed by atoms with E-state index in [0.717, 1.165) is 29.3 Å². The van der Waals surface area contributed by atoms with E-state index in [4.69, 9.17) is 17.3 Å². The molecule has 7 nitrogen and oxygen atoms in total. The fourth-order valence-corrected chi connectivity index (χ4v) is 3.63. The number of fused-ring (bicyclic) bond motifs is 1. The maximum atomic E-state index is 13.9. The molecule has 0 amide bonds. The van der Waals surface area contributed by atoms with E-state index in [1.807, 2.05) is 24.3 Å². The predicted octanol–water partition coefficient (Wildman–Crippen LogP) is 3.89. The highest BCUT2D eigenvalue weighted by atomic mass is 35.5. The number of halogens is 2. The summed E-state index contributed by atoms with van der Waals surface area (Å²) in [6.45, 7) is 0. The molecule has 0 spiro atoms. The summed E-state index contributed by atoms with van der Waals surface area (Å²) in [4.78, 5) is 13.0. The molecular weight excluding hydrogens is 381 g/mol. The van der Waals surface area contributed by atoms with Gasteiger partial charge in [-0.3, -0.25) is 5.10 Å². The Balaban J connectivity index is 1.52. The normalized spacial score (nSPS) is 14.9. The highest BCUT2D eigenvalue weighted by Gasteiger charge is 2.47. The van der Waals surface area contributed by atoms with Gasteiger partial charge in [0.2, 0.25) is 11.9 Å². The standard InChI is InChI=1S/C19H15ClFN7/c20-15-12(2-1-3-13(15)21)19(6-7-19)27-18-25-16(24-17(22)26-18)10-4-5-11-9-23-28-14(11)8-10/h1-5,8-9H,6-7H2,(H,23,28)(H3,22,24,25,26,27). The zero-order valence-corrected chi connectivity index (χ0v) is 15.3. The highest BCUT2D eigenvalue weighted by molar-refractivity contribution is 6.31. The molecule has 1 fully saturated rings. The van der Waals surface area contributed by atoms with Crippen LogP contribution in [0.5, 0.6) is 0 Å². The van der Waals surface area contributed by atoms with Gasteiger partial charge in [-0.05, 0) is 30.5 Å². The van der Waals surface area contributed by atoms with Crippen molar-refractivity contribution < 1.29 is 4.39 Å². The lowest BCUT2D eigenvalue weighted by Gasteiger charge is -2.19. The zero-order chi connectivity index (χ0) is 19.3. The number of hydrogen-bond donors (Lipinski definition) is 3. The molecule has 140 valence electrons. The summed E-state index contributed by atoms with van der Waals surface area (Å²) in [6, 6.07) is 10.5. The van der Waals surface area contributed by atoms with Gasteiger partial charge < -0.3 is 11.1 Å². The number of benzene rings is 2. The number of rotatable bonds is 4. The van der Waals surface area contributed by atoms with Crippen LogP contribution in [0, 0.1) is 5.82 Å². The van der Waals surface area contributed by atoms with Crippen molar-refractivity contribution >= 4 is 34.4 Å². The Morgan fingerprint density at radius 2 is 2.00 bits per heavy atom. The number of nitrogens with zero attached hydrogens (tertiary/aromatic N) is 4. The molecule has 0 aliphatic heterocycles. The Morgan fingerprint density at radius 1 is 1.14 bits per heavy atom. The van der Waals surface area contributed by atoms with Gasteiger partial charge >= 0.3 is 0 Å². The van der Waals surface area contributed by atoms with Crippen molar-refractivity contribution in [2.75, 3.05) is 11.1 Å². The third kappa shape index (κ3) is 2.82. The summed E-state index contributed by atoms with van der Waals surface area (Å²) in [6.07, 6.45) is 3.32. The SMILES string of the molecule is Nc1nc(NC2(c3cccc(F)c3Cl)CC2)nc(-c2ccc3cn[nH]c3c2)n1. The van der Waals surface area contributed by atoms with Crippen LogP contribution in [-0.4, -0.2) is 25.1 Å². The number of nitrogens with two attached hydrogens (primary N) is 1. The maximum absolute atomic E-state index is 13.9. The molecule has 5 rings (SSSR count). The van der Waals surface area contributed by atoms with Gasteiger partial charge in [0.25, 0.3) is 0 Å². The maximum Gasteiger partial charge on any atom is 0.228 e. The molecule has 1 aliphatic carbocycles. The molecule has 2 aromatic heterocycles. The van der Waals surface area contributed by atoms with Crippen LogP contribution in [0.15, 0.2) is 42.6 Å². The molecule has 0 atom stereocenters. The fraction of sp³-hybridized carbons (Fsp3) is 0.158. The number of hydrogen-bond acceptors (Lipinski definition) is 6. The molecule has 0 unspecified atom stereocenters. The van der Waals surface area contributed by atoms with E-state index in [1.165, 1.54) is 6.07 Å². The summed E-state index contributed by atoms with van der Waals surface area (Å²) < 4.78 is 13.9. The number of aromatic amines is 1. The summed E-state index contributed by atoms with van der Waals surface area (Å²) in [5.74, 6) is 0.409. The van der Waals surface area contributed by atoms with Gasteiger partial charge in [-0.25, -0.2) is 4.39 Å². The number of nitrogens with one attached hydrogen (secondary N) is 2. The van der Waals surface area contributed by atoms with Gasteiger partial charge in [-0.2, -0.15) is 20.1 Å². The van der Waals surface area contributed by atoms with Crippen molar-refractivity contribution in [1.82, 2.24) is 25.1 Å². The molecule has 2 heterocycles. The predicted molar refractivity (Wildman–Crippen MR) is 105 cm³/mol. The molecule has 4 N–H and O–H groups in total. The van der Waals surface area contributed by atoms with E-state index < -0.39 is 11.4 Å². The van der Waals surface area contributed by atoms with E-state index >= 15 is 0 Å². The number of anilines is 2. The van der Waals surface area contributed by atoms with Crippen LogP contribution in [0.25, 0.3) is 22.3 Å². The van der Waals surface area contributed by atoms with E-state index in [2.05, 4.69) is 30.5 Å². The summed E-state index contributed by atoms with van der Waals surface area (Å²) in [5, 5.41) is 11.3. The molecule has 0 bridgehead atoms. The monoisotopic (exact) mass is 395 g/mol. The lowest BCUT2D eigenvalue weighted by atomic mass is 10.0. The Morgan fingerprint density at radius 3 is 2.82 bits per heavy atom. The minimum absolute atomic E-state index is 0.0957. The lowest BCUT2D eigenvalue weighted by Crippen LogP contribution is -2.22. The van der Waals surface area contributed by atoms with Crippen molar-refractivity contribution in [1.29, 1.82) is 0 Å². The van der Waals surface area contributed by atoms with Crippen LogP contribution in [0.1, 0.15) is 18.4 Å². The van der Waals surface area contributed by atoms with Crippen LogP contribution >= 0.6 is 11.6 Å². The second kappa shape index (κ2) is 6.13. The topological polar surface area (TPSA) is 105 Å².